The minimum Gasteiger partial charge on any atom is -0.481 e. The topological polar surface area (TPSA) is 112 Å². The highest BCUT2D eigenvalue weighted by Crippen LogP contribution is 2.17. The zero-order valence-corrected chi connectivity index (χ0v) is 11.8. The van der Waals surface area contributed by atoms with Gasteiger partial charge in [-0.3, -0.25) is 19.7 Å². The van der Waals surface area contributed by atoms with Crippen LogP contribution in [0.25, 0.3) is 0 Å². The molecular formula is C13H13N3O4S. The molecule has 0 spiro atoms. The normalized spacial score (nSPS) is 10.3. The molecule has 3 N–H and O–H groups in total. The lowest BCUT2D eigenvalue weighted by Crippen LogP contribution is -2.14. The number of rotatable bonds is 6. The van der Waals surface area contributed by atoms with Crippen LogP contribution in [0.5, 0.6) is 0 Å². The van der Waals surface area contributed by atoms with Crippen LogP contribution < -0.4 is 10.9 Å². The van der Waals surface area contributed by atoms with Gasteiger partial charge in [-0.25, -0.2) is 4.98 Å². The minimum atomic E-state index is -0.836. The van der Waals surface area contributed by atoms with Crippen molar-refractivity contribution in [1.82, 2.24) is 9.97 Å². The number of aryl methyl sites for hydroxylation is 1. The van der Waals surface area contributed by atoms with Crippen molar-refractivity contribution in [2.24, 2.45) is 0 Å². The summed E-state index contributed by atoms with van der Waals surface area (Å²) in [7, 11) is 0. The molecule has 0 saturated heterocycles. The van der Waals surface area contributed by atoms with Crippen molar-refractivity contribution in [3.8, 4) is 0 Å². The average molecular weight is 307 g/mol. The highest BCUT2D eigenvalue weighted by Gasteiger charge is 2.09. The van der Waals surface area contributed by atoms with Gasteiger partial charge in [0.15, 0.2) is 5.13 Å². The number of aliphatic carboxylic acids is 1. The number of carboxylic acid groups (broad SMARTS) is 1. The number of thiazole rings is 1. The van der Waals surface area contributed by atoms with Crippen molar-refractivity contribution in [3.05, 3.63) is 45.3 Å². The first-order valence-electron chi connectivity index (χ1n) is 6.21. The number of nitrogens with one attached hydrogen (secondary N) is 2. The second kappa shape index (κ2) is 6.80. The molecule has 21 heavy (non-hydrogen) atoms. The molecule has 110 valence electrons. The van der Waals surface area contributed by atoms with Gasteiger partial charge in [0.2, 0.25) is 5.56 Å². The SMILES string of the molecule is O=C(O)CCCc1csc(NC(=O)c2ccc(=O)[nH]c2)n1. The molecule has 7 nitrogen and oxygen atoms in total. The van der Waals surface area contributed by atoms with Crippen LogP contribution in [0, 0.1) is 0 Å². The number of carbonyl (C=O) groups is 2. The van der Waals surface area contributed by atoms with Crippen molar-refractivity contribution < 1.29 is 14.7 Å². The van der Waals surface area contributed by atoms with E-state index in [1.807, 2.05) is 0 Å². The van der Waals surface area contributed by atoms with Gasteiger partial charge in [0.05, 0.1) is 11.3 Å². The van der Waals surface area contributed by atoms with E-state index in [9.17, 15) is 14.4 Å². The molecule has 0 aromatic carbocycles. The van der Waals surface area contributed by atoms with Crippen molar-refractivity contribution in [2.45, 2.75) is 19.3 Å². The zero-order chi connectivity index (χ0) is 15.2. The molecule has 0 fully saturated rings. The molecule has 0 unspecified atom stereocenters. The summed E-state index contributed by atoms with van der Waals surface area (Å²) in [6.07, 6.45) is 2.49. The molecule has 1 amide bonds. The maximum atomic E-state index is 11.9. The fourth-order valence-corrected chi connectivity index (χ4v) is 2.36. The monoisotopic (exact) mass is 307 g/mol. The van der Waals surface area contributed by atoms with Crippen LogP contribution in [0.4, 0.5) is 5.13 Å². The Kier molecular flexibility index (Phi) is 4.83. The summed E-state index contributed by atoms with van der Waals surface area (Å²) in [5.74, 6) is -1.20. The summed E-state index contributed by atoms with van der Waals surface area (Å²) in [6, 6.07) is 2.70. The lowest BCUT2D eigenvalue weighted by atomic mass is 10.2. The first-order chi connectivity index (χ1) is 10.0. The van der Waals surface area contributed by atoms with Gasteiger partial charge in [-0.05, 0) is 18.9 Å². The fourth-order valence-electron chi connectivity index (χ4n) is 1.62. The minimum absolute atomic E-state index is 0.0938. The predicted octanol–water partition coefficient (Wildman–Crippen LogP) is 1.49. The molecule has 8 heteroatoms. The Bertz CT molecular complexity index is 687. The van der Waals surface area contributed by atoms with Gasteiger partial charge in [0.25, 0.3) is 5.91 Å². The van der Waals surface area contributed by atoms with Crippen molar-refractivity contribution >= 4 is 28.3 Å². The number of aromatic amines is 1. The van der Waals surface area contributed by atoms with Gasteiger partial charge in [0.1, 0.15) is 0 Å². The fraction of sp³-hybridized carbons (Fsp3) is 0.231. The Labute approximate surface area is 123 Å². The molecule has 2 heterocycles. The van der Waals surface area contributed by atoms with Crippen molar-refractivity contribution in [2.75, 3.05) is 5.32 Å². The molecule has 2 rings (SSSR count). The lowest BCUT2D eigenvalue weighted by molar-refractivity contribution is -0.137. The third-order valence-corrected chi connectivity index (χ3v) is 3.45. The van der Waals surface area contributed by atoms with Crippen LogP contribution in [0.3, 0.4) is 0 Å². The maximum Gasteiger partial charge on any atom is 0.303 e. The highest BCUT2D eigenvalue weighted by atomic mass is 32.1. The third kappa shape index (κ3) is 4.53. The average Bonchev–Trinajstić information content (AvgIpc) is 2.86. The zero-order valence-electron chi connectivity index (χ0n) is 11.0. The number of hydrogen-bond acceptors (Lipinski definition) is 5. The first kappa shape index (κ1) is 14.9. The van der Waals surface area contributed by atoms with Gasteiger partial charge >= 0.3 is 5.97 Å². The number of hydrogen-bond donors (Lipinski definition) is 3. The Morgan fingerprint density at radius 2 is 2.19 bits per heavy atom. The molecule has 0 radical (unpaired) electrons. The van der Waals surface area contributed by atoms with Gasteiger partial charge in [-0.15, -0.1) is 11.3 Å². The van der Waals surface area contributed by atoms with Gasteiger partial charge < -0.3 is 10.1 Å². The Balaban J connectivity index is 1.92. The molecule has 2 aromatic rings. The van der Waals surface area contributed by atoms with E-state index in [1.165, 1.54) is 29.7 Å². The number of amides is 1. The van der Waals surface area contributed by atoms with E-state index in [0.29, 0.717) is 23.5 Å². The van der Waals surface area contributed by atoms with Crippen LogP contribution in [0.15, 0.2) is 28.5 Å². The molecule has 0 aliphatic carbocycles. The van der Waals surface area contributed by atoms with Gasteiger partial charge in [-0.2, -0.15) is 0 Å². The summed E-state index contributed by atoms with van der Waals surface area (Å²) >= 11 is 1.27. The van der Waals surface area contributed by atoms with Crippen LogP contribution in [0.2, 0.25) is 0 Å². The van der Waals surface area contributed by atoms with E-state index in [2.05, 4.69) is 15.3 Å². The van der Waals surface area contributed by atoms with E-state index in [4.69, 9.17) is 5.11 Å². The summed E-state index contributed by atoms with van der Waals surface area (Å²) in [4.78, 5) is 39.9. The van der Waals surface area contributed by atoms with Crippen molar-refractivity contribution in [3.63, 3.8) is 0 Å². The predicted molar refractivity (Wildman–Crippen MR) is 77.7 cm³/mol. The van der Waals surface area contributed by atoms with E-state index in [0.717, 1.165) is 5.69 Å². The quantitative estimate of drug-likeness (QED) is 0.748. The summed E-state index contributed by atoms with van der Waals surface area (Å²) in [5, 5.41) is 13.4. The highest BCUT2D eigenvalue weighted by molar-refractivity contribution is 7.13. The van der Waals surface area contributed by atoms with E-state index in [-0.39, 0.29) is 17.9 Å². The Morgan fingerprint density at radius 3 is 2.86 bits per heavy atom. The number of pyridine rings is 1. The standard InChI is InChI=1S/C13H13N3O4S/c17-10-5-4-8(6-14-10)12(20)16-13-15-9(7-21-13)2-1-3-11(18)19/h4-7H,1-3H2,(H,14,17)(H,18,19)(H,15,16,20). The second-order valence-electron chi connectivity index (χ2n) is 4.29. The summed E-state index contributed by atoms with van der Waals surface area (Å²) in [6.45, 7) is 0. The molecular weight excluding hydrogens is 294 g/mol. The van der Waals surface area contributed by atoms with Crippen LogP contribution in [0.1, 0.15) is 28.9 Å². The van der Waals surface area contributed by atoms with Crippen LogP contribution >= 0.6 is 11.3 Å². The number of carboxylic acids is 1. The molecule has 0 atom stereocenters. The molecule has 0 aliphatic rings. The lowest BCUT2D eigenvalue weighted by Gasteiger charge is -2.00. The smallest absolute Gasteiger partial charge is 0.303 e. The Hall–Kier alpha value is -2.48. The molecule has 2 aromatic heterocycles. The van der Waals surface area contributed by atoms with Crippen molar-refractivity contribution in [1.29, 1.82) is 0 Å². The first-order valence-corrected chi connectivity index (χ1v) is 7.09. The van der Waals surface area contributed by atoms with Crippen LogP contribution in [-0.2, 0) is 11.2 Å². The van der Waals surface area contributed by atoms with Gasteiger partial charge in [-0.1, -0.05) is 0 Å². The number of carbonyl (C=O) groups excluding carboxylic acids is 1. The van der Waals surface area contributed by atoms with Crippen LogP contribution in [-0.4, -0.2) is 27.0 Å². The van der Waals surface area contributed by atoms with E-state index >= 15 is 0 Å². The number of nitrogens with zero attached hydrogens (tertiary/aromatic N) is 1. The summed E-state index contributed by atoms with van der Waals surface area (Å²) in [5.41, 5.74) is 0.803. The number of H-pyrrole nitrogens is 1. The number of aromatic nitrogens is 2. The maximum absolute atomic E-state index is 11.9. The van der Waals surface area contributed by atoms with E-state index < -0.39 is 5.97 Å². The third-order valence-electron chi connectivity index (χ3n) is 2.64. The summed E-state index contributed by atoms with van der Waals surface area (Å²) < 4.78 is 0. The Morgan fingerprint density at radius 1 is 1.38 bits per heavy atom. The van der Waals surface area contributed by atoms with E-state index in [1.54, 1.807) is 5.38 Å². The second-order valence-corrected chi connectivity index (χ2v) is 5.15. The van der Waals surface area contributed by atoms with Gasteiger partial charge in [0, 0.05) is 24.1 Å². The largest absolute Gasteiger partial charge is 0.481 e. The molecule has 0 bridgehead atoms. The molecule has 0 saturated carbocycles. The molecule has 0 aliphatic heterocycles. The number of anilines is 1.